The predicted molar refractivity (Wildman–Crippen MR) is 261 cm³/mol. The van der Waals surface area contributed by atoms with Crippen molar-refractivity contribution in [3.63, 3.8) is 0 Å². The Bertz CT molecular complexity index is 2230. The van der Waals surface area contributed by atoms with Gasteiger partial charge < -0.3 is 49.6 Å². The number of hydrogen-bond donors (Lipinski definition) is 3. The second-order valence-corrected chi connectivity index (χ2v) is 17.0. The molecule has 1 fully saturated rings. The molecule has 1 saturated heterocycles. The molecule has 67 heavy (non-hydrogen) atoms. The van der Waals surface area contributed by atoms with Crippen molar-refractivity contribution in [2.75, 3.05) is 116 Å². The molecule has 3 aromatic carbocycles. The number of carbonyl (C=O) groups is 4. The summed E-state index contributed by atoms with van der Waals surface area (Å²) in [5.74, 6) is -0.638. The molecule has 1 aliphatic heterocycles. The standard InChI is InChI=1S/C52H69N7O8/c1-5-59(6-2)43-17-18-47(45(37-43)48-36-41(19-22-53-48)51(62)55-46-16-10-12-38-11-7-8-15-44(38)46)56-50(61)40-13-9-14-42(35-40)52(63)58(4)25-24-57(3)26-30-66-32-34-67-33-31-65-29-23-54-49(60)39-20-27-64-28-21-39/h7-9,11,13-15,17-19,22,35-37,39,46H,5-6,10,12,16,20-21,23-34H2,1-4H3,(H,54,60)(H,55,62)(H,56,61). The van der Waals surface area contributed by atoms with Gasteiger partial charge in [-0.2, -0.15) is 0 Å². The third-order valence-electron chi connectivity index (χ3n) is 12.4. The summed E-state index contributed by atoms with van der Waals surface area (Å²) in [4.78, 5) is 64.0. The maximum absolute atomic E-state index is 13.9. The predicted octanol–water partition coefficient (Wildman–Crippen LogP) is 6.25. The van der Waals surface area contributed by atoms with Crippen LogP contribution in [0.2, 0.25) is 0 Å². The highest BCUT2D eigenvalue weighted by molar-refractivity contribution is 6.08. The number of anilines is 2. The van der Waals surface area contributed by atoms with Gasteiger partial charge in [-0.05, 0) is 113 Å². The number of aryl methyl sites for hydroxylation is 1. The van der Waals surface area contributed by atoms with Gasteiger partial charge in [0.15, 0.2) is 0 Å². The van der Waals surface area contributed by atoms with Gasteiger partial charge in [0.2, 0.25) is 5.91 Å². The van der Waals surface area contributed by atoms with Gasteiger partial charge in [0, 0.05) is 99.6 Å². The Labute approximate surface area is 395 Å². The van der Waals surface area contributed by atoms with Crippen molar-refractivity contribution in [3.05, 3.63) is 113 Å². The lowest BCUT2D eigenvalue weighted by Crippen LogP contribution is -2.36. The van der Waals surface area contributed by atoms with Crippen LogP contribution in [-0.2, 0) is 30.2 Å². The number of rotatable bonds is 25. The van der Waals surface area contributed by atoms with Gasteiger partial charge >= 0.3 is 0 Å². The highest BCUT2D eigenvalue weighted by Gasteiger charge is 2.24. The van der Waals surface area contributed by atoms with Crippen LogP contribution in [0.15, 0.2) is 85.1 Å². The number of likely N-dealkylation sites (N-methyl/N-ethyl adjacent to an activating group) is 2. The van der Waals surface area contributed by atoms with E-state index in [2.05, 4.69) is 56.7 Å². The molecule has 0 spiro atoms. The zero-order chi connectivity index (χ0) is 47.4. The highest BCUT2D eigenvalue weighted by Crippen LogP contribution is 2.33. The van der Waals surface area contributed by atoms with Gasteiger partial charge in [-0.3, -0.25) is 24.2 Å². The Balaban J connectivity index is 0.952. The molecule has 4 amide bonds. The monoisotopic (exact) mass is 920 g/mol. The minimum atomic E-state index is -0.374. The zero-order valence-corrected chi connectivity index (χ0v) is 39.7. The molecule has 1 aromatic heterocycles. The summed E-state index contributed by atoms with van der Waals surface area (Å²) in [7, 11) is 3.73. The Morgan fingerprint density at radius 2 is 1.45 bits per heavy atom. The van der Waals surface area contributed by atoms with E-state index < -0.39 is 0 Å². The maximum Gasteiger partial charge on any atom is 0.255 e. The summed E-state index contributed by atoms with van der Waals surface area (Å²) in [6.07, 6.45) is 6.06. The first-order valence-electron chi connectivity index (χ1n) is 23.8. The van der Waals surface area contributed by atoms with E-state index in [9.17, 15) is 19.2 Å². The fourth-order valence-corrected chi connectivity index (χ4v) is 8.36. The lowest BCUT2D eigenvalue weighted by Gasteiger charge is -2.26. The average molecular weight is 920 g/mol. The Morgan fingerprint density at radius 3 is 2.22 bits per heavy atom. The Hall–Kier alpha value is -5.71. The lowest BCUT2D eigenvalue weighted by molar-refractivity contribution is -0.128. The number of carbonyl (C=O) groups excluding carboxylic acids is 4. The summed E-state index contributed by atoms with van der Waals surface area (Å²) in [5, 5.41) is 9.25. The number of nitrogens with one attached hydrogen (secondary N) is 3. The van der Waals surface area contributed by atoms with Crippen molar-refractivity contribution in [3.8, 4) is 11.3 Å². The van der Waals surface area contributed by atoms with E-state index >= 15 is 0 Å². The van der Waals surface area contributed by atoms with Crippen molar-refractivity contribution in [2.24, 2.45) is 5.92 Å². The Morgan fingerprint density at radius 1 is 0.731 bits per heavy atom. The Kier molecular flexibility index (Phi) is 20.1. The zero-order valence-electron chi connectivity index (χ0n) is 39.7. The first-order valence-corrected chi connectivity index (χ1v) is 23.8. The number of hydrogen-bond acceptors (Lipinski definition) is 11. The first-order chi connectivity index (χ1) is 32.6. The van der Waals surface area contributed by atoms with Gasteiger partial charge in [-0.15, -0.1) is 0 Å². The molecule has 3 N–H and O–H groups in total. The van der Waals surface area contributed by atoms with Gasteiger partial charge in [-0.25, -0.2) is 0 Å². The summed E-state index contributed by atoms with van der Waals surface area (Å²) in [6, 6.07) is 24.3. The number of fused-ring (bicyclic) bond motifs is 1. The van der Waals surface area contributed by atoms with Crippen LogP contribution in [0.1, 0.15) is 87.8 Å². The summed E-state index contributed by atoms with van der Waals surface area (Å²) in [5.41, 5.74) is 6.38. The first kappa shape index (κ1) is 50.7. The number of pyridine rings is 1. The molecule has 15 heteroatoms. The van der Waals surface area contributed by atoms with E-state index in [1.807, 2.05) is 37.4 Å². The molecule has 2 aliphatic rings. The summed E-state index contributed by atoms with van der Waals surface area (Å²) >= 11 is 0. The number of amides is 4. The second-order valence-electron chi connectivity index (χ2n) is 17.0. The molecule has 15 nitrogen and oxygen atoms in total. The van der Waals surface area contributed by atoms with Crippen LogP contribution in [0.3, 0.4) is 0 Å². The van der Waals surface area contributed by atoms with Gasteiger partial charge in [0.1, 0.15) is 0 Å². The van der Waals surface area contributed by atoms with Crippen LogP contribution in [0.5, 0.6) is 0 Å². The smallest absolute Gasteiger partial charge is 0.255 e. The minimum absolute atomic E-state index is 0.0367. The molecule has 1 unspecified atom stereocenters. The second kappa shape index (κ2) is 26.6. The average Bonchev–Trinajstić information content (AvgIpc) is 3.36. The van der Waals surface area contributed by atoms with Crippen molar-refractivity contribution >= 4 is 35.0 Å². The van der Waals surface area contributed by atoms with Gasteiger partial charge in [-0.1, -0.05) is 30.3 Å². The molecule has 1 atom stereocenters. The van der Waals surface area contributed by atoms with Gasteiger partial charge in [0.25, 0.3) is 17.7 Å². The molecular formula is C52H69N7O8. The number of nitrogens with zero attached hydrogens (tertiary/aromatic N) is 4. The molecule has 2 heterocycles. The number of benzene rings is 3. The molecule has 0 radical (unpaired) electrons. The molecule has 360 valence electrons. The van der Waals surface area contributed by atoms with Crippen LogP contribution in [0.25, 0.3) is 11.3 Å². The molecule has 4 aromatic rings. The van der Waals surface area contributed by atoms with Crippen LogP contribution >= 0.6 is 0 Å². The normalized spacial score (nSPS) is 14.9. The quantitative estimate of drug-likeness (QED) is 0.0645. The van der Waals surface area contributed by atoms with E-state index in [4.69, 9.17) is 18.9 Å². The van der Waals surface area contributed by atoms with E-state index in [0.29, 0.717) is 113 Å². The van der Waals surface area contributed by atoms with Crippen molar-refractivity contribution in [1.82, 2.24) is 25.4 Å². The maximum atomic E-state index is 13.9. The fraction of sp³-hybridized carbons (Fsp3) is 0.481. The highest BCUT2D eigenvalue weighted by atomic mass is 16.5. The third-order valence-corrected chi connectivity index (χ3v) is 12.4. The topological polar surface area (TPSA) is 164 Å². The van der Waals surface area contributed by atoms with E-state index in [0.717, 1.165) is 56.4 Å². The summed E-state index contributed by atoms with van der Waals surface area (Å²) in [6.45, 7) is 12.1. The van der Waals surface area contributed by atoms with Crippen molar-refractivity contribution in [2.45, 2.75) is 52.0 Å². The van der Waals surface area contributed by atoms with E-state index in [1.54, 1.807) is 54.5 Å². The van der Waals surface area contributed by atoms with Crippen LogP contribution in [0, 0.1) is 5.92 Å². The molecule has 0 saturated carbocycles. The summed E-state index contributed by atoms with van der Waals surface area (Å²) < 4.78 is 22.2. The molecule has 6 rings (SSSR count). The van der Waals surface area contributed by atoms with Crippen LogP contribution < -0.4 is 20.9 Å². The SMILES string of the molecule is CCN(CC)c1ccc(NC(=O)c2cccc(C(=O)N(C)CCN(C)CCOCCOCCOCCNC(=O)C3CCOCC3)c2)c(-c2cc(C(=O)NC3CCCc4ccccc43)ccn2)c1. The molecule has 1 aliphatic carbocycles. The van der Waals surface area contributed by atoms with E-state index in [-0.39, 0.29) is 35.6 Å². The third kappa shape index (κ3) is 15.1. The minimum Gasteiger partial charge on any atom is -0.381 e. The van der Waals surface area contributed by atoms with Crippen molar-refractivity contribution < 1.29 is 38.1 Å². The number of aromatic nitrogens is 1. The number of ether oxygens (including phenoxy) is 4. The van der Waals surface area contributed by atoms with Crippen molar-refractivity contribution in [1.29, 1.82) is 0 Å². The van der Waals surface area contributed by atoms with E-state index in [1.165, 1.54) is 5.56 Å². The van der Waals surface area contributed by atoms with Crippen LogP contribution in [0.4, 0.5) is 11.4 Å². The molecule has 0 bridgehead atoms. The van der Waals surface area contributed by atoms with Crippen LogP contribution in [-0.4, -0.2) is 145 Å². The van der Waals surface area contributed by atoms with Gasteiger partial charge in [0.05, 0.1) is 57.1 Å². The largest absolute Gasteiger partial charge is 0.381 e. The fourth-order valence-electron chi connectivity index (χ4n) is 8.36. The molecular weight excluding hydrogens is 851 g/mol. The lowest BCUT2D eigenvalue weighted by atomic mass is 9.87.